The predicted molar refractivity (Wildman–Crippen MR) is 122 cm³/mol. The van der Waals surface area contributed by atoms with Gasteiger partial charge in [-0.1, -0.05) is 41.9 Å². The molecule has 3 aromatic rings. The minimum atomic E-state index is -0.570. The number of methoxy groups -OCH3 is 1. The lowest BCUT2D eigenvalue weighted by Gasteiger charge is -2.12. The number of para-hydroxylation sites is 1. The molecule has 1 amide bonds. The van der Waals surface area contributed by atoms with Crippen LogP contribution in [0.1, 0.15) is 16.7 Å². The predicted octanol–water partition coefficient (Wildman–Crippen LogP) is 5.92. The highest BCUT2D eigenvalue weighted by molar-refractivity contribution is 6.34. The zero-order chi connectivity index (χ0) is 23.1. The SMILES string of the molecule is COc1cc(/C=C(\C#N)C(=O)Nc2c(C)cccc2Cl)ccc1OCc1ccc(F)cc1. The first-order valence-electron chi connectivity index (χ1n) is 9.65. The van der Waals surface area contributed by atoms with Crippen molar-refractivity contribution in [1.29, 1.82) is 5.26 Å². The second kappa shape index (κ2) is 10.5. The molecule has 162 valence electrons. The Morgan fingerprint density at radius 1 is 1.16 bits per heavy atom. The summed E-state index contributed by atoms with van der Waals surface area (Å²) in [6, 6.07) is 18.2. The number of nitrogens with zero attached hydrogens (tertiary/aromatic N) is 1. The number of nitriles is 1. The molecular formula is C25H20ClFN2O3. The van der Waals surface area contributed by atoms with Crippen molar-refractivity contribution in [3.05, 3.63) is 93.8 Å². The van der Waals surface area contributed by atoms with Gasteiger partial charge in [0.2, 0.25) is 0 Å². The third-order valence-corrected chi connectivity index (χ3v) is 4.95. The van der Waals surface area contributed by atoms with Gasteiger partial charge in [0.25, 0.3) is 5.91 Å². The molecule has 0 aliphatic heterocycles. The fourth-order valence-corrected chi connectivity index (χ4v) is 3.19. The highest BCUT2D eigenvalue weighted by Crippen LogP contribution is 2.30. The molecule has 7 heteroatoms. The molecule has 5 nitrogen and oxygen atoms in total. The van der Waals surface area contributed by atoms with Crippen LogP contribution in [0, 0.1) is 24.1 Å². The van der Waals surface area contributed by atoms with Crippen molar-refractivity contribution in [2.75, 3.05) is 12.4 Å². The molecule has 3 aromatic carbocycles. The van der Waals surface area contributed by atoms with E-state index in [4.69, 9.17) is 21.1 Å². The Morgan fingerprint density at radius 2 is 1.91 bits per heavy atom. The molecule has 3 rings (SSSR count). The summed E-state index contributed by atoms with van der Waals surface area (Å²) in [7, 11) is 1.49. The van der Waals surface area contributed by atoms with Crippen LogP contribution in [0.3, 0.4) is 0 Å². The van der Waals surface area contributed by atoms with E-state index in [2.05, 4.69) is 5.32 Å². The molecule has 0 fully saturated rings. The first kappa shape index (κ1) is 22.9. The van der Waals surface area contributed by atoms with Crippen LogP contribution in [0.15, 0.2) is 66.2 Å². The number of rotatable bonds is 7. The Hall–Kier alpha value is -3.82. The highest BCUT2D eigenvalue weighted by atomic mass is 35.5. The topological polar surface area (TPSA) is 71.3 Å². The maximum Gasteiger partial charge on any atom is 0.266 e. The van der Waals surface area contributed by atoms with E-state index in [0.717, 1.165) is 11.1 Å². The molecule has 0 atom stereocenters. The summed E-state index contributed by atoms with van der Waals surface area (Å²) in [5, 5.41) is 12.6. The molecule has 0 aliphatic carbocycles. The van der Waals surface area contributed by atoms with E-state index < -0.39 is 5.91 Å². The molecule has 0 spiro atoms. The summed E-state index contributed by atoms with van der Waals surface area (Å²) in [6.45, 7) is 2.04. The molecule has 0 aliphatic rings. The van der Waals surface area contributed by atoms with Crippen LogP contribution in [-0.2, 0) is 11.4 Å². The van der Waals surface area contributed by atoms with Gasteiger partial charge in [-0.2, -0.15) is 5.26 Å². The number of hydrogen-bond donors (Lipinski definition) is 1. The van der Waals surface area contributed by atoms with Gasteiger partial charge in [-0.25, -0.2) is 4.39 Å². The van der Waals surface area contributed by atoms with Gasteiger partial charge in [0.1, 0.15) is 24.1 Å². The highest BCUT2D eigenvalue weighted by Gasteiger charge is 2.14. The quantitative estimate of drug-likeness (QED) is 0.358. The van der Waals surface area contributed by atoms with Crippen molar-refractivity contribution in [1.82, 2.24) is 0 Å². The standard InChI is InChI=1S/C25H20ClFN2O3/c1-16-4-3-5-21(26)24(16)29-25(30)19(14-28)12-18-8-11-22(23(13-18)31-2)32-15-17-6-9-20(27)10-7-17/h3-13H,15H2,1-2H3,(H,29,30)/b19-12+. The zero-order valence-corrected chi connectivity index (χ0v) is 18.2. The van der Waals surface area contributed by atoms with Crippen molar-refractivity contribution in [2.45, 2.75) is 13.5 Å². The Balaban J connectivity index is 1.77. The third-order valence-electron chi connectivity index (χ3n) is 4.63. The van der Waals surface area contributed by atoms with E-state index in [-0.39, 0.29) is 18.0 Å². The molecule has 32 heavy (non-hydrogen) atoms. The van der Waals surface area contributed by atoms with Crippen LogP contribution in [0.2, 0.25) is 5.02 Å². The van der Waals surface area contributed by atoms with Gasteiger partial charge in [0, 0.05) is 0 Å². The summed E-state index contributed by atoms with van der Waals surface area (Å²) in [4.78, 5) is 12.6. The van der Waals surface area contributed by atoms with E-state index >= 15 is 0 Å². The molecule has 0 saturated heterocycles. The number of aryl methyl sites for hydroxylation is 1. The number of amides is 1. The van der Waals surface area contributed by atoms with Crippen LogP contribution in [0.4, 0.5) is 10.1 Å². The largest absolute Gasteiger partial charge is 0.493 e. The third kappa shape index (κ3) is 5.65. The second-order valence-electron chi connectivity index (χ2n) is 6.88. The lowest BCUT2D eigenvalue weighted by Crippen LogP contribution is -2.14. The average molecular weight is 451 g/mol. The number of halogens is 2. The molecule has 0 saturated carbocycles. The summed E-state index contributed by atoms with van der Waals surface area (Å²) in [5.74, 6) is 0.0212. The molecule has 0 radical (unpaired) electrons. The van der Waals surface area contributed by atoms with Crippen LogP contribution >= 0.6 is 11.6 Å². The fraction of sp³-hybridized carbons (Fsp3) is 0.120. The van der Waals surface area contributed by atoms with Crippen LogP contribution in [-0.4, -0.2) is 13.0 Å². The lowest BCUT2D eigenvalue weighted by molar-refractivity contribution is -0.112. The second-order valence-corrected chi connectivity index (χ2v) is 7.29. The number of anilines is 1. The molecular weight excluding hydrogens is 431 g/mol. The van der Waals surface area contributed by atoms with Crippen molar-refractivity contribution >= 4 is 29.3 Å². The molecule has 0 aromatic heterocycles. The fourth-order valence-electron chi connectivity index (χ4n) is 2.92. The Labute approximate surface area is 190 Å². The van der Waals surface area contributed by atoms with Gasteiger partial charge < -0.3 is 14.8 Å². The van der Waals surface area contributed by atoms with Gasteiger partial charge in [-0.3, -0.25) is 4.79 Å². The number of carbonyl (C=O) groups is 1. The monoisotopic (exact) mass is 450 g/mol. The summed E-state index contributed by atoms with van der Waals surface area (Å²) < 4.78 is 24.2. The van der Waals surface area contributed by atoms with E-state index in [1.807, 2.05) is 19.1 Å². The Morgan fingerprint density at radius 3 is 2.56 bits per heavy atom. The smallest absolute Gasteiger partial charge is 0.266 e. The first-order chi connectivity index (χ1) is 15.4. The maximum absolute atomic E-state index is 13.0. The van der Waals surface area contributed by atoms with Gasteiger partial charge in [0.15, 0.2) is 11.5 Å². The van der Waals surface area contributed by atoms with E-state index in [1.165, 1.54) is 25.3 Å². The van der Waals surface area contributed by atoms with Crippen molar-refractivity contribution < 1.29 is 18.7 Å². The maximum atomic E-state index is 13.0. The number of benzene rings is 3. The number of carbonyl (C=O) groups excluding carboxylic acids is 1. The zero-order valence-electron chi connectivity index (χ0n) is 17.5. The summed E-state index contributed by atoms with van der Waals surface area (Å²) >= 11 is 6.15. The average Bonchev–Trinajstić information content (AvgIpc) is 2.79. The van der Waals surface area contributed by atoms with Crippen LogP contribution in [0.5, 0.6) is 11.5 Å². The molecule has 0 heterocycles. The van der Waals surface area contributed by atoms with E-state index in [9.17, 15) is 14.4 Å². The molecule has 1 N–H and O–H groups in total. The van der Waals surface area contributed by atoms with Crippen LogP contribution in [0.25, 0.3) is 6.08 Å². The van der Waals surface area contributed by atoms with Gasteiger partial charge >= 0.3 is 0 Å². The minimum absolute atomic E-state index is 0.0913. The van der Waals surface area contributed by atoms with Gasteiger partial charge in [0.05, 0.1) is 17.8 Å². The van der Waals surface area contributed by atoms with Crippen LogP contribution < -0.4 is 14.8 Å². The normalized spacial score (nSPS) is 10.9. The van der Waals surface area contributed by atoms with Crippen molar-refractivity contribution in [2.24, 2.45) is 0 Å². The Kier molecular flexibility index (Phi) is 7.48. The van der Waals surface area contributed by atoms with E-state index in [0.29, 0.717) is 27.8 Å². The summed E-state index contributed by atoms with van der Waals surface area (Å²) in [5.41, 5.74) is 2.54. The minimum Gasteiger partial charge on any atom is -0.493 e. The van der Waals surface area contributed by atoms with Gasteiger partial charge in [-0.15, -0.1) is 0 Å². The first-order valence-corrected chi connectivity index (χ1v) is 10.0. The lowest BCUT2D eigenvalue weighted by atomic mass is 10.1. The molecule has 0 bridgehead atoms. The summed E-state index contributed by atoms with van der Waals surface area (Å²) in [6.07, 6.45) is 1.45. The molecule has 0 unspecified atom stereocenters. The number of hydrogen-bond acceptors (Lipinski definition) is 4. The number of ether oxygens (including phenoxy) is 2. The number of nitrogens with one attached hydrogen (secondary N) is 1. The van der Waals surface area contributed by atoms with Crippen molar-refractivity contribution in [3.63, 3.8) is 0 Å². The Bertz CT molecular complexity index is 1180. The van der Waals surface area contributed by atoms with Gasteiger partial charge in [-0.05, 0) is 60.0 Å². The van der Waals surface area contributed by atoms with Crippen molar-refractivity contribution in [3.8, 4) is 17.6 Å². The van der Waals surface area contributed by atoms with E-state index in [1.54, 1.807) is 42.5 Å².